The topological polar surface area (TPSA) is 67.4 Å². The molecule has 2 N–H and O–H groups in total. The van der Waals surface area contributed by atoms with E-state index in [1.807, 2.05) is 51.1 Å². The molecule has 0 fully saturated rings. The number of hydrogen-bond donors (Lipinski definition) is 2. The van der Waals surface area contributed by atoms with Crippen molar-refractivity contribution in [2.24, 2.45) is 0 Å². The molecule has 0 radical (unpaired) electrons. The normalized spacial score (nSPS) is 10.2. The van der Waals surface area contributed by atoms with E-state index < -0.39 is 0 Å². The van der Waals surface area contributed by atoms with Gasteiger partial charge in [-0.2, -0.15) is 0 Å². The fourth-order valence-electron chi connectivity index (χ4n) is 2.50. The van der Waals surface area contributed by atoms with E-state index in [1.165, 1.54) is 0 Å². The predicted molar refractivity (Wildman–Crippen MR) is 107 cm³/mol. The van der Waals surface area contributed by atoms with Crippen molar-refractivity contribution in [3.05, 3.63) is 56.7 Å². The van der Waals surface area contributed by atoms with Crippen molar-refractivity contribution in [2.75, 3.05) is 18.5 Å². The zero-order valence-corrected chi connectivity index (χ0v) is 16.6. The maximum atomic E-state index is 12.1. The monoisotopic (exact) mass is 452 g/mol. The molecule has 2 amide bonds. The minimum absolute atomic E-state index is 0.0964. The van der Waals surface area contributed by atoms with E-state index in [-0.39, 0.29) is 25.0 Å². The number of rotatable bonds is 6. The van der Waals surface area contributed by atoms with Crippen LogP contribution in [-0.2, 0) is 9.59 Å². The van der Waals surface area contributed by atoms with E-state index in [0.29, 0.717) is 5.75 Å². The Hall–Kier alpha value is -2.09. The van der Waals surface area contributed by atoms with Crippen LogP contribution in [0.3, 0.4) is 0 Å². The SMILES string of the molecule is Cc1cc(C)c(NC(=O)CNC(=O)COc2ccccc2I)c(C)c1. The van der Waals surface area contributed by atoms with Crippen LogP contribution in [0, 0.1) is 24.3 Å². The van der Waals surface area contributed by atoms with Crippen molar-refractivity contribution in [1.82, 2.24) is 5.32 Å². The number of nitrogens with one attached hydrogen (secondary N) is 2. The van der Waals surface area contributed by atoms with Gasteiger partial charge in [-0.05, 0) is 66.6 Å². The molecular weight excluding hydrogens is 431 g/mol. The Morgan fingerprint density at radius 2 is 1.68 bits per heavy atom. The first-order valence-corrected chi connectivity index (χ1v) is 8.96. The molecule has 0 aliphatic carbocycles. The third-order valence-electron chi connectivity index (χ3n) is 3.58. The number of benzene rings is 2. The Morgan fingerprint density at radius 3 is 2.32 bits per heavy atom. The largest absolute Gasteiger partial charge is 0.483 e. The summed E-state index contributed by atoms with van der Waals surface area (Å²) in [5.41, 5.74) is 3.94. The zero-order chi connectivity index (χ0) is 18.4. The van der Waals surface area contributed by atoms with Crippen LogP contribution in [0.25, 0.3) is 0 Å². The van der Waals surface area contributed by atoms with Crippen LogP contribution in [0.2, 0.25) is 0 Å². The summed E-state index contributed by atoms with van der Waals surface area (Å²) in [7, 11) is 0. The van der Waals surface area contributed by atoms with Crippen LogP contribution in [0.1, 0.15) is 16.7 Å². The fraction of sp³-hybridized carbons (Fsp3) is 0.263. The molecule has 6 heteroatoms. The molecule has 0 aromatic heterocycles. The molecule has 0 saturated heterocycles. The summed E-state index contributed by atoms with van der Waals surface area (Å²) in [5.74, 6) is 0.0402. The summed E-state index contributed by atoms with van der Waals surface area (Å²) in [5, 5.41) is 5.41. The number of aryl methyl sites for hydroxylation is 3. The van der Waals surface area contributed by atoms with Crippen molar-refractivity contribution >= 4 is 40.1 Å². The molecule has 132 valence electrons. The fourth-order valence-corrected chi connectivity index (χ4v) is 3.04. The average molecular weight is 452 g/mol. The first-order chi connectivity index (χ1) is 11.9. The Morgan fingerprint density at radius 1 is 1.04 bits per heavy atom. The highest BCUT2D eigenvalue weighted by Gasteiger charge is 2.10. The van der Waals surface area contributed by atoms with E-state index in [9.17, 15) is 9.59 Å². The van der Waals surface area contributed by atoms with E-state index >= 15 is 0 Å². The summed E-state index contributed by atoms with van der Waals surface area (Å²) in [4.78, 5) is 23.9. The molecule has 0 bridgehead atoms. The predicted octanol–water partition coefficient (Wildman–Crippen LogP) is 3.35. The average Bonchev–Trinajstić information content (AvgIpc) is 2.55. The number of carbonyl (C=O) groups excluding carboxylic acids is 2. The third kappa shape index (κ3) is 5.74. The van der Waals surface area contributed by atoms with E-state index in [1.54, 1.807) is 6.07 Å². The highest BCUT2D eigenvalue weighted by atomic mass is 127. The molecule has 0 heterocycles. The second-order valence-corrected chi connectivity index (χ2v) is 6.98. The molecule has 0 aliphatic rings. The van der Waals surface area contributed by atoms with E-state index in [0.717, 1.165) is 25.9 Å². The van der Waals surface area contributed by atoms with Gasteiger partial charge >= 0.3 is 0 Å². The molecule has 2 rings (SSSR count). The van der Waals surface area contributed by atoms with Crippen molar-refractivity contribution in [1.29, 1.82) is 0 Å². The summed E-state index contributed by atoms with van der Waals surface area (Å²) in [6, 6.07) is 11.5. The first-order valence-electron chi connectivity index (χ1n) is 7.88. The Labute approximate surface area is 161 Å². The van der Waals surface area contributed by atoms with E-state index in [2.05, 4.69) is 33.2 Å². The van der Waals surface area contributed by atoms with Crippen LogP contribution in [0.15, 0.2) is 36.4 Å². The van der Waals surface area contributed by atoms with Gasteiger partial charge in [0.1, 0.15) is 5.75 Å². The number of hydrogen-bond acceptors (Lipinski definition) is 3. The second-order valence-electron chi connectivity index (χ2n) is 5.82. The minimum Gasteiger partial charge on any atom is -0.483 e. The van der Waals surface area contributed by atoms with Gasteiger partial charge in [-0.15, -0.1) is 0 Å². The number of ether oxygens (including phenoxy) is 1. The molecular formula is C19H21IN2O3. The maximum absolute atomic E-state index is 12.1. The minimum atomic E-state index is -0.341. The lowest BCUT2D eigenvalue weighted by Crippen LogP contribution is -2.36. The highest BCUT2D eigenvalue weighted by Crippen LogP contribution is 2.21. The number of halogens is 1. The van der Waals surface area contributed by atoms with Crippen LogP contribution in [0.5, 0.6) is 5.75 Å². The lowest BCUT2D eigenvalue weighted by Gasteiger charge is -2.13. The molecule has 2 aromatic rings. The van der Waals surface area contributed by atoms with Gasteiger partial charge < -0.3 is 15.4 Å². The van der Waals surface area contributed by atoms with Crippen LogP contribution in [0.4, 0.5) is 5.69 Å². The first kappa shape index (κ1) is 19.2. The molecule has 0 aliphatic heterocycles. The second kappa shape index (κ2) is 8.84. The van der Waals surface area contributed by atoms with Gasteiger partial charge in [0.2, 0.25) is 5.91 Å². The standard InChI is InChI=1S/C19H21IN2O3/c1-12-8-13(2)19(14(3)9-12)22-17(23)10-21-18(24)11-25-16-7-5-4-6-15(16)20/h4-9H,10-11H2,1-3H3,(H,21,24)(H,22,23). The maximum Gasteiger partial charge on any atom is 0.258 e. The molecule has 25 heavy (non-hydrogen) atoms. The highest BCUT2D eigenvalue weighted by molar-refractivity contribution is 14.1. The summed E-state index contributed by atoms with van der Waals surface area (Å²) in [6.45, 7) is 5.68. The molecule has 5 nitrogen and oxygen atoms in total. The molecule has 2 aromatic carbocycles. The summed E-state index contributed by atoms with van der Waals surface area (Å²) < 4.78 is 6.38. The number of carbonyl (C=O) groups is 2. The van der Waals surface area contributed by atoms with Gasteiger partial charge in [-0.25, -0.2) is 0 Å². The number of para-hydroxylation sites is 1. The lowest BCUT2D eigenvalue weighted by molar-refractivity contribution is -0.125. The van der Waals surface area contributed by atoms with Gasteiger partial charge in [0.25, 0.3) is 5.91 Å². The van der Waals surface area contributed by atoms with Gasteiger partial charge in [0.15, 0.2) is 6.61 Å². The quantitative estimate of drug-likeness (QED) is 0.661. The van der Waals surface area contributed by atoms with Gasteiger partial charge in [-0.1, -0.05) is 29.8 Å². The van der Waals surface area contributed by atoms with Crippen molar-refractivity contribution in [3.8, 4) is 5.75 Å². The van der Waals surface area contributed by atoms with Gasteiger partial charge in [0.05, 0.1) is 10.1 Å². The Bertz CT molecular complexity index is 767. The van der Waals surface area contributed by atoms with Crippen molar-refractivity contribution < 1.29 is 14.3 Å². The summed E-state index contributed by atoms with van der Waals surface area (Å²) >= 11 is 2.14. The molecule has 0 atom stereocenters. The smallest absolute Gasteiger partial charge is 0.258 e. The lowest BCUT2D eigenvalue weighted by atomic mass is 10.1. The zero-order valence-electron chi connectivity index (χ0n) is 14.5. The molecule has 0 unspecified atom stereocenters. The van der Waals surface area contributed by atoms with Crippen molar-refractivity contribution in [3.63, 3.8) is 0 Å². The van der Waals surface area contributed by atoms with Crippen LogP contribution < -0.4 is 15.4 Å². The van der Waals surface area contributed by atoms with Crippen molar-refractivity contribution in [2.45, 2.75) is 20.8 Å². The number of amides is 2. The molecule has 0 spiro atoms. The Kier molecular flexibility index (Phi) is 6.81. The van der Waals surface area contributed by atoms with Gasteiger partial charge in [0, 0.05) is 5.69 Å². The van der Waals surface area contributed by atoms with Gasteiger partial charge in [-0.3, -0.25) is 9.59 Å². The van der Waals surface area contributed by atoms with E-state index in [4.69, 9.17) is 4.74 Å². The Balaban J connectivity index is 1.82. The van der Waals surface area contributed by atoms with Crippen LogP contribution >= 0.6 is 22.6 Å². The third-order valence-corrected chi connectivity index (χ3v) is 4.47. The molecule has 0 saturated carbocycles. The van der Waals surface area contributed by atoms with Crippen LogP contribution in [-0.4, -0.2) is 25.0 Å². The number of anilines is 1. The summed E-state index contributed by atoms with van der Waals surface area (Å²) in [6.07, 6.45) is 0.